The van der Waals surface area contributed by atoms with Gasteiger partial charge in [-0.3, -0.25) is 9.97 Å². The third-order valence-electron chi connectivity index (χ3n) is 9.50. The molecule has 222 valence electrons. The van der Waals surface area contributed by atoms with Crippen LogP contribution in [-0.4, -0.2) is 19.9 Å². The van der Waals surface area contributed by atoms with Crippen LogP contribution < -0.4 is 0 Å². The van der Waals surface area contributed by atoms with Crippen molar-refractivity contribution in [3.63, 3.8) is 0 Å². The Bertz CT molecular complexity index is 2910. The van der Waals surface area contributed by atoms with Crippen molar-refractivity contribution in [2.24, 2.45) is 0 Å². The minimum absolute atomic E-state index is 0.907. The Balaban J connectivity index is 1.27. The van der Waals surface area contributed by atoms with Crippen LogP contribution in [0.1, 0.15) is 0 Å². The molecule has 4 heteroatoms. The van der Waals surface area contributed by atoms with E-state index in [4.69, 9.17) is 19.9 Å². The molecule has 48 heavy (non-hydrogen) atoms. The average molecular weight is 611 g/mol. The van der Waals surface area contributed by atoms with E-state index in [1.807, 2.05) is 24.5 Å². The van der Waals surface area contributed by atoms with Crippen LogP contribution in [0.25, 0.3) is 98.8 Å². The molecule has 4 nitrogen and oxygen atoms in total. The summed E-state index contributed by atoms with van der Waals surface area (Å²) in [5.41, 5.74) is 9.90. The Kier molecular flexibility index (Phi) is 5.84. The Morgan fingerprint density at radius 3 is 1.56 bits per heavy atom. The van der Waals surface area contributed by atoms with Gasteiger partial charge in [-0.05, 0) is 69.1 Å². The smallest absolute Gasteiger partial charge is 0.0972 e. The number of rotatable bonds is 3. The quantitative estimate of drug-likeness (QED) is 0.187. The maximum atomic E-state index is 5.31. The summed E-state index contributed by atoms with van der Waals surface area (Å²) in [7, 11) is 0. The second kappa shape index (κ2) is 10.5. The molecule has 0 radical (unpaired) electrons. The lowest BCUT2D eigenvalue weighted by Gasteiger charge is -2.18. The van der Waals surface area contributed by atoms with E-state index in [1.165, 1.54) is 16.2 Å². The first kappa shape index (κ1) is 26.7. The Labute approximate surface area is 276 Å². The Morgan fingerprint density at radius 1 is 0.333 bits per heavy atom. The molecule has 4 aromatic heterocycles. The van der Waals surface area contributed by atoms with Crippen LogP contribution in [0.5, 0.6) is 0 Å². The summed E-state index contributed by atoms with van der Waals surface area (Å²) >= 11 is 0. The lowest BCUT2D eigenvalue weighted by atomic mass is 9.87. The molecule has 0 aliphatic heterocycles. The molecule has 10 aromatic rings. The van der Waals surface area contributed by atoms with Gasteiger partial charge in [0.15, 0.2) is 0 Å². The van der Waals surface area contributed by atoms with Crippen LogP contribution in [0.3, 0.4) is 0 Å². The molecule has 0 fully saturated rings. The molecule has 0 spiro atoms. The maximum absolute atomic E-state index is 5.31. The van der Waals surface area contributed by atoms with Gasteiger partial charge in [0, 0.05) is 45.1 Å². The molecule has 0 N–H and O–H groups in total. The second-order valence-corrected chi connectivity index (χ2v) is 12.3. The van der Waals surface area contributed by atoms with Gasteiger partial charge in [-0.2, -0.15) is 0 Å². The van der Waals surface area contributed by atoms with E-state index in [-0.39, 0.29) is 0 Å². The van der Waals surface area contributed by atoms with Gasteiger partial charge in [-0.25, -0.2) is 9.97 Å². The molecule has 0 atom stereocenters. The van der Waals surface area contributed by atoms with Crippen LogP contribution in [0, 0.1) is 0 Å². The van der Waals surface area contributed by atoms with Crippen molar-refractivity contribution in [3.05, 3.63) is 158 Å². The summed E-state index contributed by atoms with van der Waals surface area (Å²) in [4.78, 5) is 20.0. The van der Waals surface area contributed by atoms with Crippen LogP contribution in [0.15, 0.2) is 158 Å². The highest BCUT2D eigenvalue weighted by Gasteiger charge is 2.18. The molecule has 4 heterocycles. The predicted octanol–water partition coefficient (Wildman–Crippen LogP) is 11.2. The molecule has 6 aromatic carbocycles. The molecule has 0 aliphatic carbocycles. The highest BCUT2D eigenvalue weighted by Crippen LogP contribution is 2.43. The topological polar surface area (TPSA) is 51.6 Å². The SMILES string of the molecule is c1ccc2c(-c3c(-c4ccc5ccc6cccnc6c5n4)ccc4ccccc34)cc(-c3ccc4ccc5cccnc5c4n3)cc2c1. The minimum atomic E-state index is 0.907. The number of aromatic nitrogens is 4. The van der Waals surface area contributed by atoms with Crippen molar-refractivity contribution in [1.82, 2.24) is 19.9 Å². The zero-order valence-electron chi connectivity index (χ0n) is 25.8. The van der Waals surface area contributed by atoms with Crippen molar-refractivity contribution in [3.8, 4) is 33.6 Å². The third kappa shape index (κ3) is 4.16. The monoisotopic (exact) mass is 610 g/mol. The van der Waals surface area contributed by atoms with Gasteiger partial charge in [0.25, 0.3) is 0 Å². The number of benzene rings is 6. The van der Waals surface area contributed by atoms with Crippen molar-refractivity contribution in [2.45, 2.75) is 0 Å². The number of hydrogen-bond acceptors (Lipinski definition) is 4. The van der Waals surface area contributed by atoms with Gasteiger partial charge in [0.2, 0.25) is 0 Å². The summed E-state index contributed by atoms with van der Waals surface area (Å²) in [5, 5.41) is 9.01. The standard InChI is InChI=1S/C44H26N4/c1-4-12-35-27(7-1)17-20-36(39-22-19-31-16-14-29-10-6-24-46-42(29)44(31)48-39)40(35)37-26-33(25-32-8-2-3-11-34(32)37)38-21-18-30-15-13-28-9-5-23-45-41(28)43(30)47-38/h1-26H. The summed E-state index contributed by atoms with van der Waals surface area (Å²) < 4.78 is 0. The second-order valence-electron chi connectivity index (χ2n) is 12.3. The molecule has 0 saturated carbocycles. The fourth-order valence-corrected chi connectivity index (χ4v) is 7.20. The van der Waals surface area contributed by atoms with E-state index in [0.29, 0.717) is 0 Å². The van der Waals surface area contributed by atoms with Gasteiger partial charge < -0.3 is 0 Å². The fraction of sp³-hybridized carbons (Fsp3) is 0. The lowest BCUT2D eigenvalue weighted by molar-refractivity contribution is 1.37. The minimum Gasteiger partial charge on any atom is -0.254 e. The summed E-state index contributed by atoms with van der Waals surface area (Å²) in [5.74, 6) is 0. The van der Waals surface area contributed by atoms with Gasteiger partial charge in [0.05, 0.1) is 33.5 Å². The molecule has 0 bridgehead atoms. The molecule has 0 amide bonds. The van der Waals surface area contributed by atoms with E-state index in [2.05, 4.69) is 133 Å². The van der Waals surface area contributed by atoms with E-state index in [0.717, 1.165) is 82.6 Å². The molecule has 0 unspecified atom stereocenters. The first-order valence-electron chi connectivity index (χ1n) is 16.1. The van der Waals surface area contributed by atoms with Gasteiger partial charge in [0.1, 0.15) is 0 Å². The summed E-state index contributed by atoms with van der Waals surface area (Å²) in [6, 6.07) is 51.4. The fourth-order valence-electron chi connectivity index (χ4n) is 7.20. The van der Waals surface area contributed by atoms with E-state index in [9.17, 15) is 0 Å². The number of pyridine rings is 4. The molecular weight excluding hydrogens is 585 g/mol. The summed E-state index contributed by atoms with van der Waals surface area (Å²) in [6.07, 6.45) is 3.68. The molecule has 10 rings (SSSR count). The van der Waals surface area contributed by atoms with Crippen molar-refractivity contribution >= 4 is 65.2 Å². The first-order chi connectivity index (χ1) is 23.8. The van der Waals surface area contributed by atoms with Gasteiger partial charge >= 0.3 is 0 Å². The lowest BCUT2D eigenvalue weighted by Crippen LogP contribution is -1.94. The predicted molar refractivity (Wildman–Crippen MR) is 199 cm³/mol. The number of fused-ring (bicyclic) bond motifs is 8. The Hall–Kier alpha value is -6.52. The average Bonchev–Trinajstić information content (AvgIpc) is 3.16. The highest BCUT2D eigenvalue weighted by molar-refractivity contribution is 6.12. The largest absolute Gasteiger partial charge is 0.254 e. The zero-order valence-corrected chi connectivity index (χ0v) is 25.8. The highest BCUT2D eigenvalue weighted by atomic mass is 14.8. The molecular formula is C44H26N4. The summed E-state index contributed by atoms with van der Waals surface area (Å²) in [6.45, 7) is 0. The molecule has 0 aliphatic rings. The van der Waals surface area contributed by atoms with E-state index in [1.54, 1.807) is 0 Å². The van der Waals surface area contributed by atoms with Crippen molar-refractivity contribution in [2.75, 3.05) is 0 Å². The third-order valence-corrected chi connectivity index (χ3v) is 9.50. The molecule has 0 saturated heterocycles. The normalized spacial score (nSPS) is 11.8. The zero-order chi connectivity index (χ0) is 31.6. The van der Waals surface area contributed by atoms with Crippen LogP contribution in [0.4, 0.5) is 0 Å². The Morgan fingerprint density at radius 2 is 0.854 bits per heavy atom. The van der Waals surface area contributed by atoms with E-state index >= 15 is 0 Å². The van der Waals surface area contributed by atoms with Gasteiger partial charge in [-0.1, -0.05) is 109 Å². The first-order valence-corrected chi connectivity index (χ1v) is 16.1. The van der Waals surface area contributed by atoms with Crippen LogP contribution >= 0.6 is 0 Å². The van der Waals surface area contributed by atoms with E-state index < -0.39 is 0 Å². The maximum Gasteiger partial charge on any atom is 0.0972 e. The van der Waals surface area contributed by atoms with Gasteiger partial charge in [-0.15, -0.1) is 0 Å². The number of hydrogen-bond donors (Lipinski definition) is 0. The van der Waals surface area contributed by atoms with Crippen LogP contribution in [0.2, 0.25) is 0 Å². The van der Waals surface area contributed by atoms with Crippen molar-refractivity contribution in [1.29, 1.82) is 0 Å². The van der Waals surface area contributed by atoms with Crippen molar-refractivity contribution < 1.29 is 0 Å². The van der Waals surface area contributed by atoms with Crippen LogP contribution in [-0.2, 0) is 0 Å². The number of nitrogens with zero attached hydrogens (tertiary/aromatic N) is 4.